The number of nitrogens with zero attached hydrogens (tertiary/aromatic N) is 2. The van der Waals surface area contributed by atoms with Gasteiger partial charge in [-0.05, 0) is 42.8 Å². The van der Waals surface area contributed by atoms with Crippen molar-refractivity contribution >= 4 is 23.7 Å². The standard InChI is InChI=1S/C35H32F3N5O5/c1-33(32(40)45)18-48-30-23(33)15-26(43-29(30)22-9-6-10-24(36)27(22)37)35(46,21-7-4-3-5-8-21)17-41-31(44)19-13-20(16-42-34(38)11-12-34)28(39)25(14-19)47-2/h3-10,13-16,46H,11-12,17-18,39H2,1-2H3,(H2,40,45)(H,41,44)/b42-16+/t33-,35+/m0/s1. The van der Waals surface area contributed by atoms with Crippen molar-refractivity contribution in [3.05, 3.63) is 106 Å². The number of alkyl halides is 1. The molecule has 13 heteroatoms. The van der Waals surface area contributed by atoms with Crippen LogP contribution in [0.25, 0.3) is 11.3 Å². The molecule has 2 aliphatic rings. The van der Waals surface area contributed by atoms with Gasteiger partial charge in [0.1, 0.15) is 34.8 Å². The summed E-state index contributed by atoms with van der Waals surface area (Å²) in [5.41, 5.74) is 8.85. The monoisotopic (exact) mass is 659 g/mol. The van der Waals surface area contributed by atoms with Crippen LogP contribution < -0.4 is 26.3 Å². The van der Waals surface area contributed by atoms with Gasteiger partial charge in [-0.3, -0.25) is 14.6 Å². The fourth-order valence-electron chi connectivity index (χ4n) is 5.51. The second kappa shape index (κ2) is 12.0. The number of aliphatic hydroxyl groups is 1. The highest BCUT2D eigenvalue weighted by atomic mass is 19.2. The topological polar surface area (TPSA) is 162 Å². The first-order valence-corrected chi connectivity index (χ1v) is 15.0. The zero-order valence-corrected chi connectivity index (χ0v) is 26.0. The van der Waals surface area contributed by atoms with Gasteiger partial charge < -0.3 is 31.4 Å². The number of benzene rings is 3. The van der Waals surface area contributed by atoms with Crippen molar-refractivity contribution in [2.45, 2.75) is 36.6 Å². The van der Waals surface area contributed by atoms with Crippen molar-refractivity contribution in [1.82, 2.24) is 10.3 Å². The maximum Gasteiger partial charge on any atom is 0.251 e. The van der Waals surface area contributed by atoms with Gasteiger partial charge >= 0.3 is 0 Å². The van der Waals surface area contributed by atoms with Gasteiger partial charge in [-0.2, -0.15) is 0 Å². The molecule has 0 radical (unpaired) electrons. The predicted octanol–water partition coefficient (Wildman–Crippen LogP) is 4.30. The van der Waals surface area contributed by atoms with E-state index in [1.807, 2.05) is 0 Å². The van der Waals surface area contributed by atoms with Crippen LogP contribution in [0, 0.1) is 11.6 Å². The minimum Gasteiger partial charge on any atom is -0.495 e. The summed E-state index contributed by atoms with van der Waals surface area (Å²) >= 11 is 0. The number of carbonyl (C=O) groups excluding carboxylic acids is 2. The van der Waals surface area contributed by atoms with Crippen LogP contribution in [0.5, 0.6) is 11.5 Å². The highest BCUT2D eigenvalue weighted by Gasteiger charge is 2.46. The molecule has 10 nitrogen and oxygen atoms in total. The van der Waals surface area contributed by atoms with Crippen molar-refractivity contribution in [1.29, 1.82) is 0 Å². The number of rotatable bonds is 10. The molecule has 1 aliphatic heterocycles. The number of ether oxygens (including phenoxy) is 2. The second-order valence-corrected chi connectivity index (χ2v) is 12.1. The summed E-state index contributed by atoms with van der Waals surface area (Å²) in [5.74, 6) is -5.27. The Hall–Kier alpha value is -5.43. The summed E-state index contributed by atoms with van der Waals surface area (Å²) < 4.78 is 55.0. The quantitative estimate of drug-likeness (QED) is 0.112. The Balaban J connectivity index is 1.45. The van der Waals surface area contributed by atoms with Crippen LogP contribution in [-0.4, -0.2) is 54.2 Å². The molecule has 2 amide bonds. The number of nitrogens with one attached hydrogen (secondary N) is 1. The first-order chi connectivity index (χ1) is 22.8. The molecular formula is C35H32F3N5O5. The molecule has 4 aromatic rings. The van der Waals surface area contributed by atoms with E-state index in [1.165, 1.54) is 50.6 Å². The number of nitrogen functional groups attached to an aromatic ring is 1. The number of aromatic nitrogens is 1. The van der Waals surface area contributed by atoms with Crippen molar-refractivity contribution in [3.63, 3.8) is 0 Å². The maximum atomic E-state index is 15.2. The van der Waals surface area contributed by atoms with Crippen LogP contribution in [0.2, 0.25) is 0 Å². The molecule has 3 aromatic carbocycles. The minimum absolute atomic E-state index is 0.00779. The van der Waals surface area contributed by atoms with Crippen LogP contribution in [0.3, 0.4) is 0 Å². The average Bonchev–Trinajstić information content (AvgIpc) is 3.72. The highest BCUT2D eigenvalue weighted by Crippen LogP contribution is 2.47. The van der Waals surface area contributed by atoms with Gasteiger partial charge in [0.05, 0.1) is 25.0 Å². The number of primary amides is 1. The summed E-state index contributed by atoms with van der Waals surface area (Å²) in [7, 11) is 1.36. The van der Waals surface area contributed by atoms with Gasteiger partial charge in [-0.15, -0.1) is 0 Å². The smallest absolute Gasteiger partial charge is 0.251 e. The van der Waals surface area contributed by atoms with E-state index in [1.54, 1.807) is 30.3 Å². The van der Waals surface area contributed by atoms with E-state index in [4.69, 9.17) is 20.9 Å². The Morgan fingerprint density at radius 3 is 2.54 bits per heavy atom. The van der Waals surface area contributed by atoms with E-state index in [2.05, 4.69) is 15.3 Å². The summed E-state index contributed by atoms with van der Waals surface area (Å²) in [6, 6.07) is 16.0. The lowest BCUT2D eigenvalue weighted by Gasteiger charge is -2.30. The van der Waals surface area contributed by atoms with E-state index in [0.717, 1.165) is 6.07 Å². The molecular weight excluding hydrogens is 627 g/mol. The largest absolute Gasteiger partial charge is 0.495 e. The third-order valence-corrected chi connectivity index (χ3v) is 8.76. The van der Waals surface area contributed by atoms with Crippen molar-refractivity contribution in [3.8, 4) is 22.8 Å². The fourth-order valence-corrected chi connectivity index (χ4v) is 5.51. The Morgan fingerprint density at radius 2 is 1.88 bits per heavy atom. The summed E-state index contributed by atoms with van der Waals surface area (Å²) in [6.45, 7) is 0.843. The molecule has 6 N–H and O–H groups in total. The average molecular weight is 660 g/mol. The molecule has 0 saturated heterocycles. The number of halogens is 3. The van der Waals surface area contributed by atoms with Crippen LogP contribution in [0.15, 0.2) is 71.7 Å². The molecule has 1 fully saturated rings. The third-order valence-electron chi connectivity index (χ3n) is 8.76. The Bertz CT molecular complexity index is 1970. The van der Waals surface area contributed by atoms with E-state index < -0.39 is 46.8 Å². The predicted molar refractivity (Wildman–Crippen MR) is 171 cm³/mol. The van der Waals surface area contributed by atoms with E-state index in [9.17, 15) is 23.5 Å². The third kappa shape index (κ3) is 5.70. The lowest BCUT2D eigenvalue weighted by molar-refractivity contribution is -0.123. The molecule has 0 unspecified atom stereocenters. The van der Waals surface area contributed by atoms with Crippen molar-refractivity contribution < 1.29 is 37.3 Å². The Morgan fingerprint density at radius 1 is 1.15 bits per heavy atom. The molecule has 2 heterocycles. The normalized spacial score (nSPS) is 18.9. The summed E-state index contributed by atoms with van der Waals surface area (Å²) in [6.07, 6.45) is 1.82. The van der Waals surface area contributed by atoms with Crippen LogP contribution in [0.4, 0.5) is 18.9 Å². The number of methoxy groups -OCH3 is 1. The number of amides is 2. The number of aliphatic imine (C=N–C) groups is 1. The fraction of sp³-hybridized carbons (Fsp3) is 0.257. The Labute approximate surface area is 273 Å². The SMILES string of the molecule is COc1cc(C(=O)NC[C@@](O)(c2ccccc2)c2cc3c(c(-c4cccc(F)c4F)n2)OC[C@]3(C)C(N)=O)cc(/C=N/C2(F)CC2)c1N. The number of hydrogen-bond donors (Lipinski definition) is 4. The molecule has 1 saturated carbocycles. The number of carbonyl (C=O) groups is 2. The molecule has 1 aromatic heterocycles. The van der Waals surface area contributed by atoms with Crippen molar-refractivity contribution in [2.24, 2.45) is 10.7 Å². The van der Waals surface area contributed by atoms with E-state index in [0.29, 0.717) is 0 Å². The van der Waals surface area contributed by atoms with Crippen LogP contribution in [0.1, 0.15) is 52.5 Å². The Kier molecular flexibility index (Phi) is 8.11. The van der Waals surface area contributed by atoms with Gasteiger partial charge in [0.25, 0.3) is 5.91 Å². The van der Waals surface area contributed by atoms with Crippen molar-refractivity contribution in [2.75, 3.05) is 26.0 Å². The van der Waals surface area contributed by atoms with Gasteiger partial charge in [0.15, 0.2) is 17.4 Å². The molecule has 0 spiro atoms. The number of anilines is 1. The highest BCUT2D eigenvalue weighted by molar-refractivity contribution is 5.99. The molecule has 0 bridgehead atoms. The zero-order chi connectivity index (χ0) is 34.4. The molecule has 248 valence electrons. The molecule has 2 atom stereocenters. The van der Waals surface area contributed by atoms with Crippen LogP contribution >= 0.6 is 0 Å². The van der Waals surface area contributed by atoms with Gasteiger partial charge in [0.2, 0.25) is 5.91 Å². The van der Waals surface area contributed by atoms with E-state index in [-0.39, 0.29) is 75.8 Å². The molecule has 6 rings (SSSR count). The number of fused-ring (bicyclic) bond motifs is 1. The summed E-state index contributed by atoms with van der Waals surface area (Å²) in [4.78, 5) is 34.8. The van der Waals surface area contributed by atoms with Gasteiger partial charge in [-0.25, -0.2) is 18.2 Å². The number of hydrogen-bond acceptors (Lipinski definition) is 8. The van der Waals surface area contributed by atoms with Gasteiger partial charge in [0, 0.05) is 41.3 Å². The van der Waals surface area contributed by atoms with Gasteiger partial charge in [-0.1, -0.05) is 36.4 Å². The lowest BCUT2D eigenvalue weighted by Crippen LogP contribution is -2.43. The maximum absolute atomic E-state index is 15.2. The first-order valence-electron chi connectivity index (χ1n) is 15.0. The molecule has 1 aliphatic carbocycles. The summed E-state index contributed by atoms with van der Waals surface area (Å²) in [5, 5.41) is 15.2. The second-order valence-electron chi connectivity index (χ2n) is 12.1. The molecule has 48 heavy (non-hydrogen) atoms. The lowest BCUT2D eigenvalue weighted by atomic mass is 9.80. The minimum atomic E-state index is -2.10. The van der Waals surface area contributed by atoms with Crippen LogP contribution in [-0.2, 0) is 15.8 Å². The van der Waals surface area contributed by atoms with E-state index >= 15 is 4.39 Å². The number of pyridine rings is 1. The number of nitrogens with two attached hydrogens (primary N) is 2. The zero-order valence-electron chi connectivity index (χ0n) is 26.0. The first kappa shape index (κ1) is 32.5.